The summed E-state index contributed by atoms with van der Waals surface area (Å²) >= 11 is 1.45. The molecule has 2 heterocycles. The Bertz CT molecular complexity index is 543. The van der Waals surface area contributed by atoms with Gasteiger partial charge in [0.25, 0.3) is 0 Å². The second kappa shape index (κ2) is 6.45. The Balaban J connectivity index is 2.10. The molecule has 2 rings (SSSR count). The molecule has 1 N–H and O–H groups in total. The molecule has 1 saturated heterocycles. The van der Waals surface area contributed by atoms with Gasteiger partial charge in [-0.15, -0.1) is 11.3 Å². The molecule has 0 radical (unpaired) electrons. The van der Waals surface area contributed by atoms with Gasteiger partial charge < -0.3 is 5.32 Å². The summed E-state index contributed by atoms with van der Waals surface area (Å²) in [5.74, 6) is 0.876. The van der Waals surface area contributed by atoms with Crippen LogP contribution < -0.4 is 5.32 Å². The van der Waals surface area contributed by atoms with Gasteiger partial charge in [0.15, 0.2) is 0 Å². The zero-order valence-corrected chi connectivity index (χ0v) is 13.2. The average molecular weight is 322 g/mol. The minimum atomic E-state index is -3.41. The average Bonchev–Trinajstić information content (AvgIpc) is 2.86. The minimum absolute atomic E-state index is 0.354. The van der Waals surface area contributed by atoms with E-state index >= 15 is 0 Å². The first-order valence-corrected chi connectivity index (χ1v) is 9.98. The highest BCUT2D eigenvalue weighted by Gasteiger charge is 2.28. The summed E-state index contributed by atoms with van der Waals surface area (Å²) in [6.45, 7) is 4.28. The molecule has 1 fully saturated rings. The van der Waals surface area contributed by atoms with Crippen LogP contribution in [0.15, 0.2) is 16.3 Å². The van der Waals surface area contributed by atoms with E-state index in [4.69, 9.17) is 0 Å². The van der Waals surface area contributed by atoms with Gasteiger partial charge in [0.1, 0.15) is 0 Å². The van der Waals surface area contributed by atoms with E-state index in [0.717, 1.165) is 11.4 Å². The molecule has 1 aromatic rings. The van der Waals surface area contributed by atoms with Crippen LogP contribution in [0.5, 0.6) is 0 Å². The van der Waals surface area contributed by atoms with E-state index in [2.05, 4.69) is 5.32 Å². The van der Waals surface area contributed by atoms with Crippen molar-refractivity contribution in [3.63, 3.8) is 0 Å². The van der Waals surface area contributed by atoms with Gasteiger partial charge in [-0.2, -0.15) is 4.31 Å². The van der Waals surface area contributed by atoms with Crippen molar-refractivity contribution in [2.24, 2.45) is 0 Å². The SMILES string of the molecule is CCNCc1cc(S(=O)(=O)N2CCS(=O)CC2)cs1. The Kier molecular flexibility index (Phi) is 5.13. The fourth-order valence-electron chi connectivity index (χ4n) is 1.85. The van der Waals surface area contributed by atoms with Crippen molar-refractivity contribution in [1.82, 2.24) is 9.62 Å². The van der Waals surface area contributed by atoms with E-state index in [0.29, 0.717) is 36.0 Å². The topological polar surface area (TPSA) is 66.5 Å². The van der Waals surface area contributed by atoms with Gasteiger partial charge in [0.2, 0.25) is 10.0 Å². The number of sulfonamides is 1. The van der Waals surface area contributed by atoms with Crippen molar-refractivity contribution in [2.75, 3.05) is 31.1 Å². The van der Waals surface area contributed by atoms with Gasteiger partial charge in [-0.1, -0.05) is 6.92 Å². The molecule has 1 aliphatic heterocycles. The molecular formula is C11H18N2O3S3. The third kappa shape index (κ3) is 3.63. The predicted octanol–water partition coefficient (Wildman–Crippen LogP) is 0.611. The molecule has 0 aromatic carbocycles. The number of rotatable bonds is 5. The van der Waals surface area contributed by atoms with Gasteiger partial charge in [-0.3, -0.25) is 4.21 Å². The lowest BCUT2D eigenvalue weighted by Crippen LogP contribution is -2.41. The number of nitrogens with zero attached hydrogens (tertiary/aromatic N) is 1. The van der Waals surface area contributed by atoms with Crippen molar-refractivity contribution >= 4 is 32.2 Å². The van der Waals surface area contributed by atoms with E-state index in [9.17, 15) is 12.6 Å². The van der Waals surface area contributed by atoms with Crippen LogP contribution >= 0.6 is 11.3 Å². The lowest BCUT2D eigenvalue weighted by Gasteiger charge is -2.24. The largest absolute Gasteiger partial charge is 0.312 e. The Morgan fingerprint density at radius 1 is 1.42 bits per heavy atom. The Labute approximate surface area is 120 Å². The quantitative estimate of drug-likeness (QED) is 0.862. The fourth-order valence-corrected chi connectivity index (χ4v) is 5.80. The molecule has 0 unspecified atom stereocenters. The lowest BCUT2D eigenvalue weighted by molar-refractivity contribution is 0.439. The van der Waals surface area contributed by atoms with Crippen LogP contribution in [0.1, 0.15) is 11.8 Å². The summed E-state index contributed by atoms with van der Waals surface area (Å²) in [7, 11) is -4.27. The maximum atomic E-state index is 12.4. The van der Waals surface area contributed by atoms with Crippen LogP contribution in [0.25, 0.3) is 0 Å². The highest BCUT2D eigenvalue weighted by molar-refractivity contribution is 7.89. The molecule has 1 aliphatic rings. The second-order valence-corrected chi connectivity index (χ2v) is 8.91. The van der Waals surface area contributed by atoms with Crippen molar-refractivity contribution in [3.05, 3.63) is 16.3 Å². The third-order valence-electron chi connectivity index (χ3n) is 2.95. The fraction of sp³-hybridized carbons (Fsp3) is 0.636. The zero-order valence-electron chi connectivity index (χ0n) is 10.8. The van der Waals surface area contributed by atoms with Gasteiger partial charge in [-0.25, -0.2) is 8.42 Å². The summed E-state index contributed by atoms with van der Waals surface area (Å²) in [5.41, 5.74) is 0. The highest BCUT2D eigenvalue weighted by atomic mass is 32.2. The molecule has 0 bridgehead atoms. The van der Waals surface area contributed by atoms with E-state index < -0.39 is 20.8 Å². The summed E-state index contributed by atoms with van der Waals surface area (Å²) in [6, 6.07) is 1.73. The third-order valence-corrected chi connectivity index (χ3v) is 7.19. The van der Waals surface area contributed by atoms with E-state index in [1.165, 1.54) is 15.6 Å². The van der Waals surface area contributed by atoms with Gasteiger partial charge >= 0.3 is 0 Å². The van der Waals surface area contributed by atoms with Crippen LogP contribution in [-0.2, 0) is 27.4 Å². The Morgan fingerprint density at radius 3 is 2.74 bits per heavy atom. The Morgan fingerprint density at radius 2 is 2.11 bits per heavy atom. The monoisotopic (exact) mass is 322 g/mol. The zero-order chi connectivity index (χ0) is 13.9. The van der Waals surface area contributed by atoms with Crippen molar-refractivity contribution in [2.45, 2.75) is 18.4 Å². The standard InChI is InChI=1S/C11H18N2O3S3/c1-2-12-8-10-7-11(9-17-10)19(15,16)13-3-5-18(14)6-4-13/h7,9,12H,2-6,8H2,1H3. The molecule has 0 atom stereocenters. The van der Waals surface area contributed by atoms with Crippen LogP contribution in [0.4, 0.5) is 0 Å². The minimum Gasteiger partial charge on any atom is -0.312 e. The number of thiophene rings is 1. The first-order valence-electron chi connectivity index (χ1n) is 6.17. The first kappa shape index (κ1) is 15.1. The number of hydrogen-bond acceptors (Lipinski definition) is 5. The van der Waals surface area contributed by atoms with Gasteiger partial charge in [0, 0.05) is 52.2 Å². The predicted molar refractivity (Wildman–Crippen MR) is 78.3 cm³/mol. The van der Waals surface area contributed by atoms with Crippen LogP contribution in [0.2, 0.25) is 0 Å². The van der Waals surface area contributed by atoms with Crippen LogP contribution in [0, 0.1) is 0 Å². The molecule has 108 valence electrons. The van der Waals surface area contributed by atoms with Gasteiger partial charge in [0.05, 0.1) is 4.90 Å². The second-order valence-electron chi connectivity index (χ2n) is 4.28. The summed E-state index contributed by atoms with van der Waals surface area (Å²) in [4.78, 5) is 1.37. The number of hydrogen-bond donors (Lipinski definition) is 1. The van der Waals surface area contributed by atoms with E-state index in [1.54, 1.807) is 11.4 Å². The van der Waals surface area contributed by atoms with Crippen molar-refractivity contribution in [3.8, 4) is 0 Å². The normalized spacial score (nSPS) is 18.8. The summed E-state index contributed by atoms with van der Waals surface area (Å²) in [6.07, 6.45) is 0. The highest BCUT2D eigenvalue weighted by Crippen LogP contribution is 2.23. The molecule has 8 heteroatoms. The first-order chi connectivity index (χ1) is 9.04. The smallest absolute Gasteiger partial charge is 0.243 e. The molecule has 0 amide bonds. The van der Waals surface area contributed by atoms with Crippen molar-refractivity contribution in [1.29, 1.82) is 0 Å². The van der Waals surface area contributed by atoms with Crippen LogP contribution in [-0.4, -0.2) is 48.1 Å². The lowest BCUT2D eigenvalue weighted by atomic mass is 10.4. The van der Waals surface area contributed by atoms with Crippen LogP contribution in [0.3, 0.4) is 0 Å². The molecule has 19 heavy (non-hydrogen) atoms. The maximum absolute atomic E-state index is 12.4. The van der Waals surface area contributed by atoms with Crippen molar-refractivity contribution < 1.29 is 12.6 Å². The summed E-state index contributed by atoms with van der Waals surface area (Å²) in [5, 5.41) is 4.86. The maximum Gasteiger partial charge on any atom is 0.243 e. The summed E-state index contributed by atoms with van der Waals surface area (Å²) < 4.78 is 37.5. The molecule has 5 nitrogen and oxygen atoms in total. The van der Waals surface area contributed by atoms with E-state index in [1.807, 2.05) is 6.92 Å². The Hall–Kier alpha value is -0.280. The molecule has 0 aliphatic carbocycles. The molecule has 1 aromatic heterocycles. The molecule has 0 saturated carbocycles. The molecular weight excluding hydrogens is 304 g/mol. The van der Waals surface area contributed by atoms with Gasteiger partial charge in [-0.05, 0) is 12.6 Å². The molecule has 0 spiro atoms. The number of nitrogens with one attached hydrogen (secondary N) is 1. The van der Waals surface area contributed by atoms with E-state index in [-0.39, 0.29) is 0 Å².